The van der Waals surface area contributed by atoms with Crippen molar-refractivity contribution in [1.29, 1.82) is 0 Å². The molecule has 2 aromatic rings. The fourth-order valence-electron chi connectivity index (χ4n) is 2.64. The van der Waals surface area contributed by atoms with Crippen LogP contribution in [0.2, 0.25) is 0 Å². The maximum Gasteiger partial charge on any atom is -0.00590 e. The smallest absolute Gasteiger partial charge is 0.00590 e. The van der Waals surface area contributed by atoms with Gasteiger partial charge in [0.05, 0.1) is 0 Å². The largest absolute Gasteiger partial charge is 0.187 e. The molecule has 0 amide bonds. The van der Waals surface area contributed by atoms with Crippen LogP contribution in [-0.4, -0.2) is 11.5 Å². The van der Waals surface area contributed by atoms with Crippen LogP contribution in [0.3, 0.4) is 0 Å². The molecule has 0 atom stereocenters. The molecule has 0 aliphatic carbocycles. The zero-order chi connectivity index (χ0) is 15.0. The second-order valence-corrected chi connectivity index (χ2v) is 8.60. The summed E-state index contributed by atoms with van der Waals surface area (Å²) in [6, 6.07) is 22.0. The predicted molar refractivity (Wildman–Crippen MR) is 96.4 cm³/mol. The van der Waals surface area contributed by atoms with Gasteiger partial charge in [-0.1, -0.05) is 48.6 Å². The van der Waals surface area contributed by atoms with E-state index in [0.29, 0.717) is 0 Å². The third-order valence-corrected chi connectivity index (χ3v) is 7.94. The summed E-state index contributed by atoms with van der Waals surface area (Å²) in [5.41, 5.74) is 0. The Hall–Kier alpha value is -1.73. The fourth-order valence-corrected chi connectivity index (χ4v) is 6.55. The van der Waals surface area contributed by atoms with E-state index in [9.17, 15) is 0 Å². The van der Waals surface area contributed by atoms with Crippen molar-refractivity contribution in [3.05, 3.63) is 86.0 Å². The molecule has 110 valence electrons. The molecule has 0 N–H and O–H groups in total. The molecule has 0 heterocycles. The molecular weight excluding hydrogens is 272 g/mol. The first-order valence-corrected chi connectivity index (χ1v) is 9.41. The highest BCUT2D eigenvalue weighted by atomic mass is 32.3. The summed E-state index contributed by atoms with van der Waals surface area (Å²) in [5.74, 6) is 2.33. The van der Waals surface area contributed by atoms with Gasteiger partial charge in [0.1, 0.15) is 0 Å². The highest BCUT2D eigenvalue weighted by Crippen LogP contribution is 2.63. The van der Waals surface area contributed by atoms with Crippen LogP contribution < -0.4 is 0 Å². The Labute approximate surface area is 130 Å². The van der Waals surface area contributed by atoms with E-state index in [-0.39, 0.29) is 0 Å². The number of benzene rings is 2. The molecule has 0 unspecified atom stereocenters. The molecule has 0 saturated heterocycles. The zero-order valence-electron chi connectivity index (χ0n) is 12.6. The van der Waals surface area contributed by atoms with E-state index < -0.39 is 10.0 Å². The van der Waals surface area contributed by atoms with E-state index in [1.54, 1.807) is 0 Å². The molecular formula is C20H24S. The number of rotatable bonds is 8. The van der Waals surface area contributed by atoms with Crippen LogP contribution in [0.1, 0.15) is 12.8 Å². The Morgan fingerprint density at radius 3 is 1.38 bits per heavy atom. The molecule has 2 rings (SSSR count). The minimum Gasteiger partial charge on any atom is -0.187 e. The minimum atomic E-state index is -1.02. The van der Waals surface area contributed by atoms with Crippen molar-refractivity contribution in [1.82, 2.24) is 0 Å². The first-order chi connectivity index (χ1) is 10.3. The molecule has 0 fully saturated rings. The Kier molecular flexibility index (Phi) is 5.89. The molecule has 0 radical (unpaired) electrons. The molecule has 0 bridgehead atoms. The summed E-state index contributed by atoms with van der Waals surface area (Å²) < 4.78 is 0. The molecule has 0 spiro atoms. The second kappa shape index (κ2) is 7.90. The van der Waals surface area contributed by atoms with Crippen LogP contribution >= 0.6 is 10.0 Å². The maximum atomic E-state index is 3.92. The van der Waals surface area contributed by atoms with Crippen LogP contribution in [0.25, 0.3) is 0 Å². The standard InChI is InChI=1S/C20H24S/c1-3-5-17-21(18-6-4-2,19-13-9-7-10-14-19)20-15-11-8-12-16-20/h3-4,7-16H,1-2,5-6,17-18H2. The summed E-state index contributed by atoms with van der Waals surface area (Å²) in [6.45, 7) is 7.85. The van der Waals surface area contributed by atoms with Crippen molar-refractivity contribution < 1.29 is 0 Å². The van der Waals surface area contributed by atoms with Crippen molar-refractivity contribution in [2.24, 2.45) is 0 Å². The van der Waals surface area contributed by atoms with Gasteiger partial charge in [-0.3, -0.25) is 0 Å². The van der Waals surface area contributed by atoms with Crippen molar-refractivity contribution in [3.63, 3.8) is 0 Å². The number of allylic oxidation sites excluding steroid dienone is 2. The molecule has 1 heteroatoms. The monoisotopic (exact) mass is 296 g/mol. The normalized spacial score (nSPS) is 11.8. The van der Waals surface area contributed by atoms with Crippen molar-refractivity contribution in [2.75, 3.05) is 11.5 Å². The Morgan fingerprint density at radius 2 is 1.05 bits per heavy atom. The Morgan fingerprint density at radius 1 is 0.667 bits per heavy atom. The highest BCUT2D eigenvalue weighted by molar-refractivity contribution is 8.33. The van der Waals surface area contributed by atoms with Gasteiger partial charge in [-0.05, 0) is 58.4 Å². The summed E-state index contributed by atoms with van der Waals surface area (Å²) in [7, 11) is -1.02. The average Bonchev–Trinajstić information content (AvgIpc) is 2.57. The lowest BCUT2D eigenvalue weighted by atomic mass is 10.4. The summed E-state index contributed by atoms with van der Waals surface area (Å²) in [6.07, 6.45) is 6.19. The van der Waals surface area contributed by atoms with Crippen molar-refractivity contribution in [3.8, 4) is 0 Å². The Balaban J connectivity index is 2.52. The summed E-state index contributed by atoms with van der Waals surface area (Å²) in [5, 5.41) is 0. The van der Waals surface area contributed by atoms with Crippen LogP contribution in [0.4, 0.5) is 0 Å². The maximum absolute atomic E-state index is 3.92. The van der Waals surface area contributed by atoms with Gasteiger partial charge in [-0.15, -0.1) is 13.2 Å². The third-order valence-electron chi connectivity index (χ3n) is 3.73. The van der Waals surface area contributed by atoms with E-state index in [2.05, 4.69) is 73.8 Å². The molecule has 21 heavy (non-hydrogen) atoms. The first-order valence-electron chi connectivity index (χ1n) is 7.44. The van der Waals surface area contributed by atoms with Gasteiger partial charge in [0.25, 0.3) is 0 Å². The van der Waals surface area contributed by atoms with Crippen LogP contribution in [0.15, 0.2) is 95.8 Å². The van der Waals surface area contributed by atoms with Gasteiger partial charge >= 0.3 is 0 Å². The first kappa shape index (κ1) is 15.7. The Bertz CT molecular complexity index is 503. The fraction of sp³-hybridized carbons (Fsp3) is 0.200. The topological polar surface area (TPSA) is 0 Å². The van der Waals surface area contributed by atoms with Gasteiger partial charge in [0.15, 0.2) is 0 Å². The van der Waals surface area contributed by atoms with Gasteiger partial charge in [0.2, 0.25) is 0 Å². The molecule has 0 aliphatic heterocycles. The van der Waals surface area contributed by atoms with Crippen molar-refractivity contribution in [2.45, 2.75) is 22.6 Å². The molecule has 0 saturated carbocycles. The summed E-state index contributed by atoms with van der Waals surface area (Å²) in [4.78, 5) is 2.94. The molecule has 2 aromatic carbocycles. The van der Waals surface area contributed by atoms with Gasteiger partial charge < -0.3 is 0 Å². The predicted octanol–water partition coefficient (Wildman–Crippen LogP) is 6.06. The number of hydrogen-bond acceptors (Lipinski definition) is 0. The SMILES string of the molecule is C=CCCS(CCC=C)(c1ccccc1)c1ccccc1. The molecule has 0 aromatic heterocycles. The van der Waals surface area contributed by atoms with Gasteiger partial charge in [-0.2, -0.15) is 10.0 Å². The van der Waals surface area contributed by atoms with E-state index >= 15 is 0 Å². The van der Waals surface area contributed by atoms with Crippen LogP contribution in [0.5, 0.6) is 0 Å². The third kappa shape index (κ3) is 3.68. The van der Waals surface area contributed by atoms with E-state index in [1.807, 2.05) is 12.2 Å². The van der Waals surface area contributed by atoms with Crippen LogP contribution in [0, 0.1) is 0 Å². The number of hydrogen-bond donors (Lipinski definition) is 0. The second-order valence-electron chi connectivity index (χ2n) is 5.07. The summed E-state index contributed by atoms with van der Waals surface area (Å²) >= 11 is 0. The van der Waals surface area contributed by atoms with E-state index in [0.717, 1.165) is 12.8 Å². The van der Waals surface area contributed by atoms with Gasteiger partial charge in [0, 0.05) is 0 Å². The van der Waals surface area contributed by atoms with Crippen molar-refractivity contribution >= 4 is 10.0 Å². The molecule has 0 aliphatic rings. The van der Waals surface area contributed by atoms with Crippen LogP contribution in [-0.2, 0) is 0 Å². The van der Waals surface area contributed by atoms with Gasteiger partial charge in [-0.25, -0.2) is 0 Å². The highest BCUT2D eigenvalue weighted by Gasteiger charge is 2.26. The average molecular weight is 296 g/mol. The van der Waals surface area contributed by atoms with E-state index in [1.165, 1.54) is 21.3 Å². The minimum absolute atomic E-state index is 1.02. The lowest BCUT2D eigenvalue weighted by Crippen LogP contribution is -2.11. The zero-order valence-corrected chi connectivity index (χ0v) is 13.4. The molecule has 0 nitrogen and oxygen atoms in total. The lowest BCUT2D eigenvalue weighted by Gasteiger charge is -2.41. The quantitative estimate of drug-likeness (QED) is 0.519. The van der Waals surface area contributed by atoms with E-state index in [4.69, 9.17) is 0 Å². The lowest BCUT2D eigenvalue weighted by molar-refractivity contribution is 1.14.